The van der Waals surface area contributed by atoms with Crippen LogP contribution in [-0.4, -0.2) is 30.3 Å². The van der Waals surface area contributed by atoms with Crippen molar-refractivity contribution in [2.45, 2.75) is 12.8 Å². The molecular formula is C15H16FNO. The smallest absolute Gasteiger partial charge is 0.166 e. The van der Waals surface area contributed by atoms with Gasteiger partial charge in [0, 0.05) is 11.5 Å². The van der Waals surface area contributed by atoms with Crippen LogP contribution in [0.5, 0.6) is 0 Å². The molecule has 1 aliphatic rings. The fraction of sp³-hybridized carbons (Fsp3) is 0.400. The average Bonchev–Trinajstić information content (AvgIpc) is 2.40. The van der Waals surface area contributed by atoms with E-state index in [1.807, 2.05) is 0 Å². The van der Waals surface area contributed by atoms with Crippen LogP contribution in [0, 0.1) is 24.1 Å². The number of piperidine rings is 1. The maximum absolute atomic E-state index is 12.8. The van der Waals surface area contributed by atoms with Gasteiger partial charge >= 0.3 is 0 Å². The van der Waals surface area contributed by atoms with Crippen LogP contribution in [0.2, 0.25) is 0 Å². The van der Waals surface area contributed by atoms with Crippen LogP contribution in [0.15, 0.2) is 24.3 Å². The lowest BCUT2D eigenvalue weighted by Crippen LogP contribution is -2.36. The van der Waals surface area contributed by atoms with Gasteiger partial charge in [0.15, 0.2) is 5.78 Å². The summed E-state index contributed by atoms with van der Waals surface area (Å²) in [5.41, 5.74) is 0.604. The van der Waals surface area contributed by atoms with Crippen molar-refractivity contribution in [3.63, 3.8) is 0 Å². The van der Waals surface area contributed by atoms with Gasteiger partial charge in [-0.15, -0.1) is 6.42 Å². The number of terminal acetylenes is 1. The van der Waals surface area contributed by atoms with Crippen LogP contribution in [0.1, 0.15) is 23.2 Å². The summed E-state index contributed by atoms with van der Waals surface area (Å²) in [5, 5.41) is 0. The minimum atomic E-state index is -0.310. The summed E-state index contributed by atoms with van der Waals surface area (Å²) in [7, 11) is 0. The SMILES string of the molecule is C#CCN1CCC(C(=O)c2ccc(F)cc2)CC1. The lowest BCUT2D eigenvalue weighted by atomic mass is 9.89. The number of hydrogen-bond acceptors (Lipinski definition) is 2. The van der Waals surface area contributed by atoms with E-state index in [-0.39, 0.29) is 17.5 Å². The molecule has 0 amide bonds. The predicted octanol–water partition coefficient (Wildman–Crippen LogP) is 2.35. The van der Waals surface area contributed by atoms with Crippen LogP contribution in [0.25, 0.3) is 0 Å². The highest BCUT2D eigenvalue weighted by Crippen LogP contribution is 2.21. The zero-order valence-corrected chi connectivity index (χ0v) is 10.2. The largest absolute Gasteiger partial charge is 0.294 e. The first kappa shape index (κ1) is 12.8. The normalized spacial score (nSPS) is 17.3. The summed E-state index contributed by atoms with van der Waals surface area (Å²) in [6.07, 6.45) is 6.93. The van der Waals surface area contributed by atoms with Gasteiger partial charge in [0.2, 0.25) is 0 Å². The van der Waals surface area contributed by atoms with Gasteiger partial charge in [0.25, 0.3) is 0 Å². The Kier molecular flexibility index (Phi) is 4.11. The number of Topliss-reactive ketones (excluding diaryl/α,β-unsaturated/α-hetero) is 1. The molecule has 1 heterocycles. The number of carbonyl (C=O) groups excluding carboxylic acids is 1. The fourth-order valence-corrected chi connectivity index (χ4v) is 2.33. The van der Waals surface area contributed by atoms with Crippen LogP contribution in [0.4, 0.5) is 4.39 Å². The van der Waals surface area contributed by atoms with E-state index >= 15 is 0 Å². The molecule has 1 saturated heterocycles. The van der Waals surface area contributed by atoms with Crippen molar-refractivity contribution in [1.29, 1.82) is 0 Å². The van der Waals surface area contributed by atoms with Crippen molar-refractivity contribution in [2.75, 3.05) is 19.6 Å². The third kappa shape index (κ3) is 2.96. The number of rotatable bonds is 3. The molecule has 0 spiro atoms. The number of carbonyl (C=O) groups is 1. The molecule has 18 heavy (non-hydrogen) atoms. The van der Waals surface area contributed by atoms with Crippen molar-refractivity contribution < 1.29 is 9.18 Å². The van der Waals surface area contributed by atoms with E-state index in [2.05, 4.69) is 10.8 Å². The van der Waals surface area contributed by atoms with Crippen LogP contribution < -0.4 is 0 Å². The molecule has 0 radical (unpaired) electrons. The molecule has 0 saturated carbocycles. The predicted molar refractivity (Wildman–Crippen MR) is 68.7 cm³/mol. The molecule has 0 unspecified atom stereocenters. The Labute approximate surface area is 107 Å². The highest BCUT2D eigenvalue weighted by Gasteiger charge is 2.25. The van der Waals surface area contributed by atoms with Gasteiger partial charge in [-0.3, -0.25) is 9.69 Å². The number of hydrogen-bond donors (Lipinski definition) is 0. The summed E-state index contributed by atoms with van der Waals surface area (Å²) < 4.78 is 12.8. The molecule has 0 aliphatic carbocycles. The molecule has 0 atom stereocenters. The lowest BCUT2D eigenvalue weighted by molar-refractivity contribution is 0.0849. The van der Waals surface area contributed by atoms with E-state index in [0.717, 1.165) is 25.9 Å². The number of halogens is 1. The number of ketones is 1. The maximum Gasteiger partial charge on any atom is 0.166 e. The third-order valence-corrected chi connectivity index (χ3v) is 3.40. The van der Waals surface area contributed by atoms with Gasteiger partial charge in [-0.2, -0.15) is 0 Å². The molecule has 94 valence electrons. The standard InChI is InChI=1S/C15H16FNO/c1-2-9-17-10-7-13(8-11-17)15(18)12-3-5-14(16)6-4-12/h1,3-6,13H,7-11H2. The molecule has 0 N–H and O–H groups in total. The van der Waals surface area contributed by atoms with Gasteiger partial charge in [-0.05, 0) is 50.2 Å². The van der Waals surface area contributed by atoms with E-state index < -0.39 is 0 Å². The first-order chi connectivity index (χ1) is 8.70. The minimum Gasteiger partial charge on any atom is -0.294 e. The Morgan fingerprint density at radius 2 is 1.94 bits per heavy atom. The van der Waals surface area contributed by atoms with E-state index in [1.165, 1.54) is 12.1 Å². The molecule has 1 fully saturated rings. The van der Waals surface area contributed by atoms with E-state index in [1.54, 1.807) is 12.1 Å². The van der Waals surface area contributed by atoms with Gasteiger partial charge in [-0.1, -0.05) is 5.92 Å². The molecule has 2 nitrogen and oxygen atoms in total. The highest BCUT2D eigenvalue weighted by molar-refractivity contribution is 5.97. The Balaban J connectivity index is 1.95. The van der Waals surface area contributed by atoms with E-state index in [4.69, 9.17) is 6.42 Å². The molecule has 1 aromatic carbocycles. The molecular weight excluding hydrogens is 229 g/mol. The zero-order valence-electron chi connectivity index (χ0n) is 10.2. The number of benzene rings is 1. The third-order valence-electron chi connectivity index (χ3n) is 3.40. The number of nitrogens with zero attached hydrogens (tertiary/aromatic N) is 1. The maximum atomic E-state index is 12.8. The summed E-state index contributed by atoms with van der Waals surface area (Å²) in [5.74, 6) is 2.48. The van der Waals surface area contributed by atoms with Crippen molar-refractivity contribution >= 4 is 5.78 Å². The second kappa shape index (κ2) is 5.79. The summed E-state index contributed by atoms with van der Waals surface area (Å²) in [4.78, 5) is 14.4. The highest BCUT2D eigenvalue weighted by atomic mass is 19.1. The van der Waals surface area contributed by atoms with Crippen LogP contribution in [-0.2, 0) is 0 Å². The molecule has 1 aliphatic heterocycles. The fourth-order valence-electron chi connectivity index (χ4n) is 2.33. The summed E-state index contributed by atoms with van der Waals surface area (Å²) >= 11 is 0. The van der Waals surface area contributed by atoms with Crippen molar-refractivity contribution in [3.8, 4) is 12.3 Å². The topological polar surface area (TPSA) is 20.3 Å². The molecule has 2 rings (SSSR count). The lowest BCUT2D eigenvalue weighted by Gasteiger charge is -2.29. The Morgan fingerprint density at radius 1 is 1.33 bits per heavy atom. The second-order valence-electron chi connectivity index (χ2n) is 4.63. The molecule has 0 aromatic heterocycles. The quantitative estimate of drug-likeness (QED) is 0.602. The monoisotopic (exact) mass is 245 g/mol. The summed E-state index contributed by atoms with van der Waals surface area (Å²) in [6, 6.07) is 5.79. The van der Waals surface area contributed by atoms with E-state index in [9.17, 15) is 9.18 Å². The van der Waals surface area contributed by atoms with Crippen molar-refractivity contribution in [3.05, 3.63) is 35.6 Å². The van der Waals surface area contributed by atoms with E-state index in [0.29, 0.717) is 12.1 Å². The second-order valence-corrected chi connectivity index (χ2v) is 4.63. The Hall–Kier alpha value is -1.66. The van der Waals surface area contributed by atoms with Crippen molar-refractivity contribution in [2.24, 2.45) is 5.92 Å². The molecule has 0 bridgehead atoms. The van der Waals surface area contributed by atoms with Crippen LogP contribution in [0.3, 0.4) is 0 Å². The summed E-state index contributed by atoms with van der Waals surface area (Å²) in [6.45, 7) is 2.38. The van der Waals surface area contributed by atoms with Gasteiger partial charge in [0.1, 0.15) is 5.82 Å². The first-order valence-electron chi connectivity index (χ1n) is 6.16. The van der Waals surface area contributed by atoms with Gasteiger partial charge in [0.05, 0.1) is 6.54 Å². The van der Waals surface area contributed by atoms with Gasteiger partial charge in [-0.25, -0.2) is 4.39 Å². The number of likely N-dealkylation sites (tertiary alicyclic amines) is 1. The molecule has 1 aromatic rings. The average molecular weight is 245 g/mol. The van der Waals surface area contributed by atoms with Crippen molar-refractivity contribution in [1.82, 2.24) is 4.90 Å². The van der Waals surface area contributed by atoms with Crippen LogP contribution >= 0.6 is 0 Å². The Bertz CT molecular complexity index is 452. The van der Waals surface area contributed by atoms with Gasteiger partial charge < -0.3 is 0 Å². The zero-order chi connectivity index (χ0) is 13.0. The first-order valence-corrected chi connectivity index (χ1v) is 6.16. The minimum absolute atomic E-state index is 0.0458. The molecule has 3 heteroatoms. The Morgan fingerprint density at radius 3 is 2.50 bits per heavy atom.